The van der Waals surface area contributed by atoms with Gasteiger partial charge in [-0.2, -0.15) is 0 Å². The predicted octanol–water partition coefficient (Wildman–Crippen LogP) is 32.1. The average molecular weight is 1150 g/mol. The first-order chi connectivity index (χ1) is 40.8. The molecule has 0 amide bonds. The molecule has 0 heterocycles. The first-order valence-corrected chi connectivity index (χ1v) is 40.8. The molecule has 494 valence electrons. The average Bonchev–Trinajstić information content (AvgIpc) is 3.47. The Labute approximate surface area is 524 Å². The lowest BCUT2D eigenvalue weighted by molar-refractivity contribution is 0.500. The molecule has 0 bridgehead atoms. The molecule has 0 aromatic rings. The maximum Gasteiger partial charge on any atom is -0.0471 e. The summed E-state index contributed by atoms with van der Waals surface area (Å²) in [7, 11) is 0. The van der Waals surface area contributed by atoms with E-state index in [0.29, 0.717) is 0 Å². The second kappa shape index (κ2) is 79.0. The van der Waals surface area contributed by atoms with Crippen LogP contribution >= 0.6 is 0 Å². The van der Waals surface area contributed by atoms with Crippen molar-refractivity contribution in [2.45, 2.75) is 522 Å². The molecule has 0 aliphatic rings. The van der Waals surface area contributed by atoms with Gasteiger partial charge in [-0.15, -0.1) is 0 Å². The first-order valence-electron chi connectivity index (χ1n) is 40.8. The topological polar surface area (TPSA) is 0 Å². The fourth-order valence-corrected chi connectivity index (χ4v) is 13.9. The summed E-state index contributed by atoms with van der Waals surface area (Å²) in [5.41, 5.74) is 0. The van der Waals surface area contributed by atoms with E-state index in [9.17, 15) is 0 Å². The highest BCUT2D eigenvalue weighted by atomic mass is 14.1. The molecule has 0 saturated heterocycles. The number of hydrogen-bond donors (Lipinski definition) is 0. The first kappa shape index (κ1) is 82.0. The molecule has 0 rings (SSSR count). The highest BCUT2D eigenvalue weighted by Crippen LogP contribution is 2.22. The lowest BCUT2D eigenvalue weighted by atomic mass is 10.0. The Morgan fingerprint density at radius 1 is 0.110 bits per heavy atom. The molecule has 0 fully saturated rings. The molecule has 0 radical (unpaired) electrons. The van der Waals surface area contributed by atoms with Gasteiger partial charge in [-0.05, 0) is 5.92 Å². The van der Waals surface area contributed by atoms with Gasteiger partial charge in [0.05, 0.1) is 0 Å². The highest BCUT2D eigenvalue weighted by Gasteiger charge is 2.02. The molecule has 0 aromatic heterocycles. The van der Waals surface area contributed by atoms with Gasteiger partial charge in [0, 0.05) is 0 Å². The van der Waals surface area contributed by atoms with Crippen LogP contribution in [0.3, 0.4) is 0 Å². The van der Waals surface area contributed by atoms with Crippen LogP contribution < -0.4 is 0 Å². The highest BCUT2D eigenvalue weighted by molar-refractivity contribution is 4.58. The minimum absolute atomic E-state index is 0.895. The maximum absolute atomic E-state index is 2.36. The van der Waals surface area contributed by atoms with Gasteiger partial charge in [0.2, 0.25) is 0 Å². The minimum Gasteiger partial charge on any atom is -0.0654 e. The Bertz CT molecular complexity index is 1030. The third kappa shape index (κ3) is 80.0. The van der Waals surface area contributed by atoms with Crippen molar-refractivity contribution in [1.29, 1.82) is 0 Å². The molecule has 0 aliphatic heterocycles. The van der Waals surface area contributed by atoms with E-state index in [1.54, 1.807) is 0 Å². The maximum atomic E-state index is 2.36. The van der Waals surface area contributed by atoms with Crippen LogP contribution in [0.4, 0.5) is 0 Å². The SMILES string of the molecule is CCCCCCCCCCCCCCCCCCCCCCCCCCCCCCCCCCCCCCCCCCCCCCCCCCCCCCCCCCCCCCCCCCCCCCCCCCCCCCCC(C)C. The summed E-state index contributed by atoms with van der Waals surface area (Å²) in [5.74, 6) is 0.895. The summed E-state index contributed by atoms with van der Waals surface area (Å²) in [6.45, 7) is 7.03. The molecular weight excluding hydrogens is 985 g/mol. The Balaban J connectivity index is 3.08. The van der Waals surface area contributed by atoms with Crippen LogP contribution in [0, 0.1) is 5.92 Å². The van der Waals surface area contributed by atoms with Crippen LogP contribution in [0.5, 0.6) is 0 Å². The van der Waals surface area contributed by atoms with Crippen LogP contribution in [0.1, 0.15) is 522 Å². The summed E-state index contributed by atoms with van der Waals surface area (Å²) in [6, 6.07) is 0. The Hall–Kier alpha value is 0. The van der Waals surface area contributed by atoms with Crippen molar-refractivity contribution in [2.24, 2.45) is 5.92 Å². The minimum atomic E-state index is 0.895. The Morgan fingerprint density at radius 3 is 0.256 bits per heavy atom. The van der Waals surface area contributed by atoms with Crippen molar-refractivity contribution in [3.8, 4) is 0 Å². The standard InChI is InChI=1S/C82H166/c1-4-5-6-7-8-9-10-11-12-13-14-15-16-17-18-19-20-21-22-23-24-25-26-27-28-29-30-31-32-33-34-35-36-37-38-39-40-41-42-43-44-45-46-47-48-49-50-51-52-53-54-55-56-57-58-59-60-61-62-63-64-65-66-67-68-69-70-71-72-73-74-75-76-77-78-79-80-81-82(2)3/h82H,4-81H2,1-3H3. The summed E-state index contributed by atoms with van der Waals surface area (Å²) < 4.78 is 0. The van der Waals surface area contributed by atoms with Gasteiger partial charge in [-0.25, -0.2) is 0 Å². The quantitative estimate of drug-likeness (QED) is 0.0533. The summed E-state index contributed by atoms with van der Waals surface area (Å²) >= 11 is 0. The largest absolute Gasteiger partial charge is 0.0654 e. The molecule has 0 nitrogen and oxygen atoms in total. The van der Waals surface area contributed by atoms with E-state index in [2.05, 4.69) is 20.8 Å². The fraction of sp³-hybridized carbons (Fsp3) is 1.00. The molecule has 0 heteroatoms. The Morgan fingerprint density at radius 2 is 0.183 bits per heavy atom. The smallest absolute Gasteiger partial charge is 0.0471 e. The third-order valence-electron chi connectivity index (χ3n) is 19.9. The van der Waals surface area contributed by atoms with Crippen molar-refractivity contribution >= 4 is 0 Å². The van der Waals surface area contributed by atoms with Gasteiger partial charge in [-0.3, -0.25) is 0 Å². The molecular formula is C82H166. The second-order valence-corrected chi connectivity index (χ2v) is 29.1. The van der Waals surface area contributed by atoms with Crippen molar-refractivity contribution in [2.75, 3.05) is 0 Å². The molecule has 0 saturated carbocycles. The molecule has 82 heavy (non-hydrogen) atoms. The van der Waals surface area contributed by atoms with Crippen LogP contribution in [0.15, 0.2) is 0 Å². The van der Waals surface area contributed by atoms with E-state index in [1.165, 1.54) is 501 Å². The Kier molecular flexibility index (Phi) is 79.0. The predicted molar refractivity (Wildman–Crippen MR) is 381 cm³/mol. The van der Waals surface area contributed by atoms with E-state index in [0.717, 1.165) is 5.92 Å². The van der Waals surface area contributed by atoms with Crippen molar-refractivity contribution in [3.05, 3.63) is 0 Å². The molecule has 0 unspecified atom stereocenters. The lowest BCUT2D eigenvalue weighted by Crippen LogP contribution is -1.87. The van der Waals surface area contributed by atoms with Gasteiger partial charge in [0.25, 0.3) is 0 Å². The van der Waals surface area contributed by atoms with Crippen molar-refractivity contribution < 1.29 is 0 Å². The zero-order valence-electron chi connectivity index (χ0n) is 58.7. The molecule has 0 aromatic carbocycles. The second-order valence-electron chi connectivity index (χ2n) is 29.1. The van der Waals surface area contributed by atoms with Gasteiger partial charge >= 0.3 is 0 Å². The number of hydrogen-bond acceptors (Lipinski definition) is 0. The molecule has 0 aliphatic carbocycles. The van der Waals surface area contributed by atoms with Crippen LogP contribution in [-0.2, 0) is 0 Å². The number of unbranched alkanes of at least 4 members (excludes halogenated alkanes) is 76. The van der Waals surface area contributed by atoms with E-state index in [4.69, 9.17) is 0 Å². The summed E-state index contributed by atoms with van der Waals surface area (Å²) in [5, 5.41) is 0. The lowest BCUT2D eigenvalue weighted by Gasteiger charge is -2.05. The van der Waals surface area contributed by atoms with Gasteiger partial charge in [-0.1, -0.05) is 522 Å². The van der Waals surface area contributed by atoms with Gasteiger partial charge in [0.1, 0.15) is 0 Å². The normalized spacial score (nSPS) is 11.9. The third-order valence-corrected chi connectivity index (χ3v) is 19.9. The van der Waals surface area contributed by atoms with E-state index in [1.807, 2.05) is 0 Å². The molecule has 0 N–H and O–H groups in total. The van der Waals surface area contributed by atoms with E-state index in [-0.39, 0.29) is 0 Å². The fourth-order valence-electron chi connectivity index (χ4n) is 13.9. The molecule has 0 spiro atoms. The van der Waals surface area contributed by atoms with E-state index < -0.39 is 0 Å². The summed E-state index contributed by atoms with van der Waals surface area (Å²) in [4.78, 5) is 0. The van der Waals surface area contributed by atoms with E-state index >= 15 is 0 Å². The monoisotopic (exact) mass is 1150 g/mol. The zero-order valence-corrected chi connectivity index (χ0v) is 58.7. The van der Waals surface area contributed by atoms with Gasteiger partial charge < -0.3 is 0 Å². The van der Waals surface area contributed by atoms with Crippen LogP contribution in [0.2, 0.25) is 0 Å². The van der Waals surface area contributed by atoms with Gasteiger partial charge in [0.15, 0.2) is 0 Å². The van der Waals surface area contributed by atoms with Crippen LogP contribution in [0.25, 0.3) is 0 Å². The van der Waals surface area contributed by atoms with Crippen molar-refractivity contribution in [3.63, 3.8) is 0 Å². The number of rotatable bonds is 78. The molecule has 0 atom stereocenters. The zero-order chi connectivity index (χ0) is 58.7. The van der Waals surface area contributed by atoms with Crippen LogP contribution in [-0.4, -0.2) is 0 Å². The summed E-state index contributed by atoms with van der Waals surface area (Å²) in [6.07, 6.45) is 116. The van der Waals surface area contributed by atoms with Crippen molar-refractivity contribution in [1.82, 2.24) is 0 Å².